The molecule has 0 bridgehead atoms. The second-order valence-electron chi connectivity index (χ2n) is 4.41. The lowest BCUT2D eigenvalue weighted by molar-refractivity contribution is -0.384. The van der Waals surface area contributed by atoms with Crippen LogP contribution in [0.25, 0.3) is 0 Å². The molecule has 0 aliphatic heterocycles. The van der Waals surface area contributed by atoms with Crippen molar-refractivity contribution in [1.29, 1.82) is 0 Å². The van der Waals surface area contributed by atoms with Gasteiger partial charge in [-0.3, -0.25) is 14.9 Å². The van der Waals surface area contributed by atoms with E-state index < -0.39 is 4.92 Å². The van der Waals surface area contributed by atoms with Gasteiger partial charge in [0.2, 0.25) is 0 Å². The van der Waals surface area contributed by atoms with Gasteiger partial charge < -0.3 is 5.32 Å². The molecule has 5 nitrogen and oxygen atoms in total. The Morgan fingerprint density at radius 1 is 1.19 bits per heavy atom. The molecule has 0 saturated heterocycles. The van der Waals surface area contributed by atoms with Crippen molar-refractivity contribution in [1.82, 2.24) is 0 Å². The van der Waals surface area contributed by atoms with E-state index in [0.29, 0.717) is 17.1 Å². The fraction of sp³-hybridized carbons (Fsp3) is 0.133. The molecule has 0 unspecified atom stereocenters. The van der Waals surface area contributed by atoms with Crippen molar-refractivity contribution in [3.8, 4) is 0 Å². The first-order valence-corrected chi connectivity index (χ1v) is 6.71. The van der Waals surface area contributed by atoms with E-state index in [2.05, 4.69) is 5.32 Å². The Balaban J connectivity index is 1.91. The summed E-state index contributed by atoms with van der Waals surface area (Å²) in [4.78, 5) is 22.1. The molecule has 0 amide bonds. The van der Waals surface area contributed by atoms with Crippen LogP contribution in [0.15, 0.2) is 48.5 Å². The fourth-order valence-electron chi connectivity index (χ4n) is 1.83. The molecule has 6 heteroatoms. The van der Waals surface area contributed by atoms with Gasteiger partial charge >= 0.3 is 0 Å². The molecule has 0 aromatic heterocycles. The van der Waals surface area contributed by atoms with E-state index in [4.69, 9.17) is 11.6 Å². The van der Waals surface area contributed by atoms with E-state index >= 15 is 0 Å². The molecule has 0 fully saturated rings. The van der Waals surface area contributed by atoms with Crippen molar-refractivity contribution in [2.75, 3.05) is 11.9 Å². The zero-order valence-electron chi connectivity index (χ0n) is 11.1. The number of nitro benzene ring substituents is 1. The Morgan fingerprint density at radius 3 is 2.57 bits per heavy atom. The second-order valence-corrected chi connectivity index (χ2v) is 4.85. The van der Waals surface area contributed by atoms with E-state index in [1.54, 1.807) is 18.2 Å². The predicted octanol–water partition coefficient (Wildman–Crippen LogP) is 3.93. The maximum absolute atomic E-state index is 12.0. The minimum Gasteiger partial charge on any atom is -0.385 e. The highest BCUT2D eigenvalue weighted by atomic mass is 35.5. The highest BCUT2D eigenvalue weighted by molar-refractivity contribution is 6.30. The molecule has 21 heavy (non-hydrogen) atoms. The summed E-state index contributed by atoms with van der Waals surface area (Å²) in [7, 11) is 0. The molecular weight excluding hydrogens is 292 g/mol. The van der Waals surface area contributed by atoms with Gasteiger partial charge in [0.1, 0.15) is 0 Å². The summed E-state index contributed by atoms with van der Waals surface area (Å²) >= 11 is 5.78. The first kappa shape index (κ1) is 15.0. The highest BCUT2D eigenvalue weighted by Gasteiger charge is 2.11. The molecule has 0 atom stereocenters. The predicted molar refractivity (Wildman–Crippen MR) is 82.0 cm³/mol. The lowest BCUT2D eigenvalue weighted by Crippen LogP contribution is -2.09. The van der Waals surface area contributed by atoms with Gasteiger partial charge in [0.15, 0.2) is 5.78 Å². The normalized spacial score (nSPS) is 10.1. The van der Waals surface area contributed by atoms with Crippen LogP contribution in [0.1, 0.15) is 16.8 Å². The summed E-state index contributed by atoms with van der Waals surface area (Å²) in [5.41, 5.74) is 1.14. The van der Waals surface area contributed by atoms with Gasteiger partial charge in [-0.2, -0.15) is 0 Å². The van der Waals surface area contributed by atoms with Crippen LogP contribution in [0, 0.1) is 10.1 Å². The highest BCUT2D eigenvalue weighted by Crippen LogP contribution is 2.16. The molecule has 0 aliphatic carbocycles. The molecule has 2 aromatic carbocycles. The van der Waals surface area contributed by atoms with E-state index in [-0.39, 0.29) is 17.9 Å². The number of halogens is 1. The molecule has 2 rings (SSSR count). The number of ketones is 1. The van der Waals surface area contributed by atoms with E-state index in [1.807, 2.05) is 12.1 Å². The Bertz CT molecular complexity index is 656. The number of nitro groups is 1. The standard InChI is InChI=1S/C15H13ClN2O3/c16-12-4-6-13(7-5-12)17-9-8-15(19)11-2-1-3-14(10-11)18(20)21/h1-7,10,17H,8-9H2. The van der Waals surface area contributed by atoms with Crippen LogP contribution in [0.2, 0.25) is 5.02 Å². The van der Waals surface area contributed by atoms with E-state index in [0.717, 1.165) is 5.69 Å². The largest absolute Gasteiger partial charge is 0.385 e. The molecule has 0 saturated carbocycles. The summed E-state index contributed by atoms with van der Waals surface area (Å²) in [6.45, 7) is 0.448. The van der Waals surface area contributed by atoms with Crippen molar-refractivity contribution >= 4 is 28.8 Å². The molecule has 0 spiro atoms. The number of rotatable bonds is 6. The average molecular weight is 305 g/mol. The molecule has 0 heterocycles. The number of carbonyl (C=O) groups excluding carboxylic acids is 1. The Morgan fingerprint density at radius 2 is 1.90 bits per heavy atom. The van der Waals surface area contributed by atoms with Gasteiger partial charge in [0.25, 0.3) is 5.69 Å². The lowest BCUT2D eigenvalue weighted by atomic mass is 10.1. The zero-order chi connectivity index (χ0) is 15.2. The smallest absolute Gasteiger partial charge is 0.270 e. The van der Waals surface area contributed by atoms with Crippen LogP contribution in [-0.4, -0.2) is 17.3 Å². The summed E-state index contributed by atoms with van der Waals surface area (Å²) in [6.07, 6.45) is 0.254. The van der Waals surface area contributed by atoms with Gasteiger partial charge in [-0.15, -0.1) is 0 Å². The maximum atomic E-state index is 12.0. The van der Waals surface area contributed by atoms with Gasteiger partial charge in [0.05, 0.1) is 4.92 Å². The van der Waals surface area contributed by atoms with Crippen LogP contribution in [0.5, 0.6) is 0 Å². The Hall–Kier alpha value is -2.40. The van der Waals surface area contributed by atoms with Crippen molar-refractivity contribution in [2.24, 2.45) is 0 Å². The van der Waals surface area contributed by atoms with Crippen LogP contribution in [0.4, 0.5) is 11.4 Å². The SMILES string of the molecule is O=C(CCNc1ccc(Cl)cc1)c1cccc([N+](=O)[O-])c1. The molecular formula is C15H13ClN2O3. The Kier molecular flexibility index (Phi) is 4.90. The van der Waals surface area contributed by atoms with Crippen LogP contribution in [-0.2, 0) is 0 Å². The molecule has 0 radical (unpaired) electrons. The number of nitrogens with one attached hydrogen (secondary N) is 1. The van der Waals surface area contributed by atoms with Crippen molar-refractivity contribution in [3.05, 3.63) is 69.2 Å². The quantitative estimate of drug-likeness (QED) is 0.498. The second kappa shape index (κ2) is 6.85. The minimum absolute atomic E-state index is 0.0773. The number of nitrogens with zero attached hydrogens (tertiary/aromatic N) is 1. The fourth-order valence-corrected chi connectivity index (χ4v) is 1.95. The number of carbonyl (C=O) groups is 1. The summed E-state index contributed by atoms with van der Waals surface area (Å²) < 4.78 is 0. The number of benzene rings is 2. The topological polar surface area (TPSA) is 72.2 Å². The number of anilines is 1. The van der Waals surface area contributed by atoms with Crippen LogP contribution in [0.3, 0.4) is 0 Å². The lowest BCUT2D eigenvalue weighted by Gasteiger charge is -2.06. The third kappa shape index (κ3) is 4.29. The van der Waals surface area contributed by atoms with Gasteiger partial charge in [-0.05, 0) is 24.3 Å². The monoisotopic (exact) mass is 304 g/mol. The van der Waals surface area contributed by atoms with Gasteiger partial charge in [-0.1, -0.05) is 23.7 Å². The van der Waals surface area contributed by atoms with Crippen LogP contribution >= 0.6 is 11.6 Å². The summed E-state index contributed by atoms with van der Waals surface area (Å²) in [5, 5.41) is 14.4. The third-order valence-electron chi connectivity index (χ3n) is 2.90. The van der Waals surface area contributed by atoms with Gasteiger partial charge in [0, 0.05) is 41.4 Å². The zero-order valence-corrected chi connectivity index (χ0v) is 11.8. The third-order valence-corrected chi connectivity index (χ3v) is 3.16. The number of non-ortho nitro benzene ring substituents is 1. The van der Waals surface area contributed by atoms with Crippen LogP contribution < -0.4 is 5.32 Å². The van der Waals surface area contributed by atoms with Crippen molar-refractivity contribution in [2.45, 2.75) is 6.42 Å². The Labute approximate surface area is 126 Å². The van der Waals surface area contributed by atoms with E-state index in [1.165, 1.54) is 18.2 Å². The maximum Gasteiger partial charge on any atom is 0.270 e. The first-order valence-electron chi connectivity index (χ1n) is 6.33. The molecule has 108 valence electrons. The molecule has 0 aliphatic rings. The average Bonchev–Trinajstić information content (AvgIpc) is 2.49. The number of hydrogen-bond donors (Lipinski definition) is 1. The molecule has 1 N–H and O–H groups in total. The van der Waals surface area contributed by atoms with Crippen molar-refractivity contribution < 1.29 is 9.72 Å². The van der Waals surface area contributed by atoms with E-state index in [9.17, 15) is 14.9 Å². The number of hydrogen-bond acceptors (Lipinski definition) is 4. The summed E-state index contributed by atoms with van der Waals surface area (Å²) in [6, 6.07) is 12.9. The van der Waals surface area contributed by atoms with Crippen molar-refractivity contribution in [3.63, 3.8) is 0 Å². The number of Topliss-reactive ketones (excluding diaryl/α,β-unsaturated/α-hetero) is 1. The first-order chi connectivity index (χ1) is 10.1. The van der Waals surface area contributed by atoms with Gasteiger partial charge in [-0.25, -0.2) is 0 Å². The summed E-state index contributed by atoms with van der Waals surface area (Å²) in [5.74, 6) is -0.139. The molecule has 2 aromatic rings. The minimum atomic E-state index is -0.511.